The summed E-state index contributed by atoms with van der Waals surface area (Å²) >= 11 is 0. The molecule has 3 N–H and O–H groups in total. The van der Waals surface area contributed by atoms with Gasteiger partial charge in [-0.1, -0.05) is 19.3 Å². The number of carbonyl (C=O) groups is 1. The first-order chi connectivity index (χ1) is 16.5. The van der Waals surface area contributed by atoms with Gasteiger partial charge in [0.15, 0.2) is 17.5 Å². The molecule has 180 valence electrons. The Morgan fingerprint density at radius 1 is 1.12 bits per heavy atom. The summed E-state index contributed by atoms with van der Waals surface area (Å²) < 4.78 is 44.9. The van der Waals surface area contributed by atoms with E-state index in [1.54, 1.807) is 22.7 Å². The topological polar surface area (TPSA) is 83.4 Å². The fraction of sp³-hybridized carbons (Fsp3) is 0.458. The number of piperidine rings is 1. The number of amides is 1. The van der Waals surface area contributed by atoms with Crippen molar-refractivity contribution in [3.63, 3.8) is 0 Å². The summed E-state index contributed by atoms with van der Waals surface area (Å²) in [6, 6.07) is 3.52. The molecule has 34 heavy (non-hydrogen) atoms. The van der Waals surface area contributed by atoms with Gasteiger partial charge in [-0.15, -0.1) is 0 Å². The predicted molar refractivity (Wildman–Crippen MR) is 122 cm³/mol. The molecular weight excluding hydrogens is 445 g/mol. The van der Waals surface area contributed by atoms with Gasteiger partial charge in [0.25, 0.3) is 5.91 Å². The van der Waals surface area contributed by atoms with Crippen LogP contribution < -0.4 is 16.0 Å². The van der Waals surface area contributed by atoms with Crippen LogP contribution in [0.25, 0.3) is 17.0 Å². The maximum absolute atomic E-state index is 14.7. The van der Waals surface area contributed by atoms with Gasteiger partial charge in [0.05, 0.1) is 17.9 Å². The van der Waals surface area contributed by atoms with Crippen molar-refractivity contribution in [2.45, 2.75) is 56.8 Å². The summed E-state index contributed by atoms with van der Waals surface area (Å²) in [5.41, 5.74) is 1.08. The number of nitrogens with zero attached hydrogens (tertiary/aromatic N) is 3. The van der Waals surface area contributed by atoms with E-state index in [0.717, 1.165) is 31.7 Å². The highest BCUT2D eigenvalue weighted by molar-refractivity contribution is 5.95. The second-order valence-corrected chi connectivity index (χ2v) is 9.00. The van der Waals surface area contributed by atoms with E-state index in [9.17, 15) is 18.0 Å². The Kier molecular flexibility index (Phi) is 6.40. The average Bonchev–Trinajstić information content (AvgIpc) is 3.26. The molecule has 3 aromatic rings. The number of halogens is 3. The third kappa shape index (κ3) is 4.59. The van der Waals surface area contributed by atoms with Crippen LogP contribution in [0.5, 0.6) is 0 Å². The molecule has 1 saturated carbocycles. The monoisotopic (exact) mass is 472 g/mol. The van der Waals surface area contributed by atoms with Crippen molar-refractivity contribution in [3.8, 4) is 11.4 Å². The number of aromatic nitrogens is 3. The highest BCUT2D eigenvalue weighted by Gasteiger charge is 2.27. The first-order valence-corrected chi connectivity index (χ1v) is 11.8. The molecule has 0 spiro atoms. The minimum Gasteiger partial charge on any atom is -0.361 e. The number of carbonyl (C=O) groups excluding carboxylic acids is 1. The van der Waals surface area contributed by atoms with Crippen LogP contribution in [0.2, 0.25) is 0 Å². The van der Waals surface area contributed by atoms with Gasteiger partial charge < -0.3 is 16.0 Å². The van der Waals surface area contributed by atoms with Gasteiger partial charge >= 0.3 is 0 Å². The van der Waals surface area contributed by atoms with Crippen molar-refractivity contribution < 1.29 is 18.0 Å². The van der Waals surface area contributed by atoms with Crippen LogP contribution in [-0.4, -0.2) is 51.6 Å². The maximum Gasteiger partial charge on any atom is 0.251 e. The van der Waals surface area contributed by atoms with Crippen LogP contribution >= 0.6 is 0 Å². The molecule has 1 aliphatic carbocycles. The SMILES string of the molecule is O=C(NC1CCCCC1)c1ccn2c(-c3nc(NC4CNCCC4F)c(F)cc3F)cnc2c1. The van der Waals surface area contributed by atoms with Crippen molar-refractivity contribution in [2.24, 2.45) is 0 Å². The molecule has 1 aliphatic heterocycles. The normalized spacial score (nSPS) is 21.5. The lowest BCUT2D eigenvalue weighted by Crippen LogP contribution is -2.46. The smallest absolute Gasteiger partial charge is 0.251 e. The van der Waals surface area contributed by atoms with Crippen molar-refractivity contribution in [1.82, 2.24) is 25.0 Å². The van der Waals surface area contributed by atoms with Gasteiger partial charge in [-0.25, -0.2) is 23.1 Å². The van der Waals surface area contributed by atoms with E-state index >= 15 is 0 Å². The Bertz CT molecular complexity index is 1190. The summed E-state index contributed by atoms with van der Waals surface area (Å²) in [6.07, 6.45) is 7.57. The largest absolute Gasteiger partial charge is 0.361 e. The average molecular weight is 473 g/mol. The quantitative estimate of drug-likeness (QED) is 0.526. The van der Waals surface area contributed by atoms with E-state index in [0.29, 0.717) is 36.4 Å². The zero-order valence-corrected chi connectivity index (χ0v) is 18.7. The van der Waals surface area contributed by atoms with Crippen molar-refractivity contribution >= 4 is 17.4 Å². The number of alkyl halides is 1. The highest BCUT2D eigenvalue weighted by atomic mass is 19.1. The number of hydrogen-bond acceptors (Lipinski definition) is 5. The molecule has 0 bridgehead atoms. The molecule has 2 unspecified atom stereocenters. The Labute approximate surface area is 195 Å². The third-order valence-electron chi connectivity index (χ3n) is 6.61. The summed E-state index contributed by atoms with van der Waals surface area (Å²) in [4.78, 5) is 21.1. The highest BCUT2D eigenvalue weighted by Crippen LogP contribution is 2.27. The zero-order valence-electron chi connectivity index (χ0n) is 18.7. The van der Waals surface area contributed by atoms with Gasteiger partial charge in [-0.2, -0.15) is 0 Å². The summed E-state index contributed by atoms with van der Waals surface area (Å²) in [5, 5.41) is 8.88. The van der Waals surface area contributed by atoms with E-state index in [4.69, 9.17) is 0 Å². The van der Waals surface area contributed by atoms with E-state index in [2.05, 4.69) is 25.9 Å². The molecule has 5 rings (SSSR count). The van der Waals surface area contributed by atoms with E-state index in [1.165, 1.54) is 12.6 Å². The molecule has 7 nitrogen and oxygen atoms in total. The number of imidazole rings is 1. The Balaban J connectivity index is 1.41. The standard InChI is InChI=1S/C24H27F3N6O/c25-16-6-8-28-12-19(16)31-23-18(27)11-17(26)22(32-23)20-13-29-21-10-14(7-9-33(20)21)24(34)30-15-4-2-1-3-5-15/h7,9-11,13,15-16,19,28H,1-6,8,12H2,(H,30,34)(H,31,32). The van der Waals surface area contributed by atoms with E-state index in [1.807, 2.05) is 0 Å². The van der Waals surface area contributed by atoms with Crippen LogP contribution in [0.15, 0.2) is 30.6 Å². The summed E-state index contributed by atoms with van der Waals surface area (Å²) in [7, 11) is 0. The van der Waals surface area contributed by atoms with E-state index < -0.39 is 23.8 Å². The van der Waals surface area contributed by atoms with Gasteiger partial charge in [0, 0.05) is 30.4 Å². The molecular formula is C24H27F3N6O. The molecule has 2 fully saturated rings. The van der Waals surface area contributed by atoms with Crippen LogP contribution in [-0.2, 0) is 0 Å². The van der Waals surface area contributed by atoms with Crippen molar-refractivity contribution in [1.29, 1.82) is 0 Å². The van der Waals surface area contributed by atoms with Crippen LogP contribution in [0.4, 0.5) is 19.0 Å². The Morgan fingerprint density at radius 2 is 1.94 bits per heavy atom. The first-order valence-electron chi connectivity index (χ1n) is 11.8. The molecule has 4 heterocycles. The number of anilines is 1. The predicted octanol–water partition coefficient (Wildman–Crippen LogP) is 3.85. The van der Waals surface area contributed by atoms with Gasteiger partial charge in [0.1, 0.15) is 17.5 Å². The third-order valence-corrected chi connectivity index (χ3v) is 6.61. The second-order valence-electron chi connectivity index (χ2n) is 9.00. The van der Waals surface area contributed by atoms with Gasteiger partial charge in [0.2, 0.25) is 0 Å². The number of pyridine rings is 2. The lowest BCUT2D eigenvalue weighted by molar-refractivity contribution is 0.0927. The fourth-order valence-electron chi connectivity index (χ4n) is 4.70. The molecule has 1 saturated heterocycles. The number of nitrogens with one attached hydrogen (secondary N) is 3. The minimum atomic E-state index is -1.16. The molecule has 3 aromatic heterocycles. The Hall–Kier alpha value is -3.14. The van der Waals surface area contributed by atoms with Crippen molar-refractivity contribution in [3.05, 3.63) is 47.8 Å². The fourth-order valence-corrected chi connectivity index (χ4v) is 4.70. The lowest BCUT2D eigenvalue weighted by Gasteiger charge is -2.28. The number of rotatable bonds is 5. The number of hydrogen-bond donors (Lipinski definition) is 3. The Morgan fingerprint density at radius 3 is 2.74 bits per heavy atom. The lowest BCUT2D eigenvalue weighted by atomic mass is 9.95. The van der Waals surface area contributed by atoms with E-state index in [-0.39, 0.29) is 23.5 Å². The molecule has 0 aromatic carbocycles. The van der Waals surface area contributed by atoms with Gasteiger partial charge in [-0.3, -0.25) is 9.20 Å². The minimum absolute atomic E-state index is 0.116. The second kappa shape index (κ2) is 9.61. The molecule has 1 amide bonds. The molecule has 0 radical (unpaired) electrons. The van der Waals surface area contributed by atoms with Crippen LogP contribution in [0.3, 0.4) is 0 Å². The van der Waals surface area contributed by atoms with Gasteiger partial charge in [-0.05, 0) is 37.9 Å². The van der Waals surface area contributed by atoms with Crippen molar-refractivity contribution in [2.75, 3.05) is 18.4 Å². The number of fused-ring (bicyclic) bond motifs is 1. The molecule has 2 atom stereocenters. The zero-order chi connectivity index (χ0) is 23.7. The summed E-state index contributed by atoms with van der Waals surface area (Å²) in [6.45, 7) is 0.864. The molecule has 2 aliphatic rings. The first kappa shape index (κ1) is 22.6. The maximum atomic E-state index is 14.7. The summed E-state index contributed by atoms with van der Waals surface area (Å²) in [5.74, 6) is -2.14. The molecule has 10 heteroatoms. The van der Waals surface area contributed by atoms with Crippen LogP contribution in [0, 0.1) is 11.6 Å². The van der Waals surface area contributed by atoms with Crippen LogP contribution in [0.1, 0.15) is 48.9 Å².